The van der Waals surface area contributed by atoms with E-state index >= 15 is 0 Å². The molecule has 5 heteroatoms. The first-order valence-corrected chi connectivity index (χ1v) is 6.70. The number of carbonyl (C=O) groups is 1. The maximum Gasteiger partial charge on any atom is 0.339 e. The summed E-state index contributed by atoms with van der Waals surface area (Å²) in [5.41, 5.74) is 7.28. The summed E-state index contributed by atoms with van der Waals surface area (Å²) in [4.78, 5) is 11.9. The summed E-state index contributed by atoms with van der Waals surface area (Å²) in [7, 11) is 0. The van der Waals surface area contributed by atoms with Crippen LogP contribution in [-0.2, 0) is 11.3 Å². The minimum absolute atomic E-state index is 0.182. The summed E-state index contributed by atoms with van der Waals surface area (Å²) in [5, 5.41) is 0.289. The average Bonchev–Trinajstić information content (AvgIpc) is 2.37. The van der Waals surface area contributed by atoms with E-state index < -0.39 is 5.97 Å². The fourth-order valence-corrected chi connectivity index (χ4v) is 2.20. The van der Waals surface area contributed by atoms with E-state index in [1.54, 1.807) is 12.1 Å². The van der Waals surface area contributed by atoms with Gasteiger partial charge in [0.05, 0.1) is 10.6 Å². The van der Waals surface area contributed by atoms with Crippen molar-refractivity contribution in [3.8, 4) is 0 Å². The number of rotatable bonds is 3. The largest absolute Gasteiger partial charge is 0.457 e. The van der Waals surface area contributed by atoms with Crippen molar-refractivity contribution in [2.45, 2.75) is 6.61 Å². The number of hydrogen-bond acceptors (Lipinski definition) is 3. The lowest BCUT2D eigenvalue weighted by molar-refractivity contribution is 0.0472. The molecule has 19 heavy (non-hydrogen) atoms. The first-order valence-electron chi connectivity index (χ1n) is 5.53. The van der Waals surface area contributed by atoms with E-state index in [0.717, 1.165) is 10.0 Å². The summed E-state index contributed by atoms with van der Waals surface area (Å²) >= 11 is 9.34. The third kappa shape index (κ3) is 3.49. The smallest absolute Gasteiger partial charge is 0.339 e. The Balaban J connectivity index is 2.08. The highest BCUT2D eigenvalue weighted by Crippen LogP contribution is 2.21. The van der Waals surface area contributed by atoms with Crippen molar-refractivity contribution < 1.29 is 9.53 Å². The highest BCUT2D eigenvalue weighted by atomic mass is 79.9. The van der Waals surface area contributed by atoms with Crippen LogP contribution in [0.4, 0.5) is 5.69 Å². The molecule has 0 unspecified atom stereocenters. The van der Waals surface area contributed by atoms with E-state index in [4.69, 9.17) is 22.1 Å². The molecule has 0 radical (unpaired) electrons. The summed E-state index contributed by atoms with van der Waals surface area (Å²) in [6.07, 6.45) is 0. The average molecular weight is 341 g/mol. The molecule has 0 saturated carbocycles. The Bertz CT molecular complexity index is 616. The molecule has 0 amide bonds. The van der Waals surface area contributed by atoms with Crippen LogP contribution in [0.5, 0.6) is 0 Å². The monoisotopic (exact) mass is 339 g/mol. The summed E-state index contributed by atoms with van der Waals surface area (Å²) in [6, 6.07) is 12.2. The quantitative estimate of drug-likeness (QED) is 0.677. The van der Waals surface area contributed by atoms with Gasteiger partial charge in [-0.15, -0.1) is 0 Å². The molecule has 0 spiro atoms. The van der Waals surface area contributed by atoms with Crippen molar-refractivity contribution in [2.75, 3.05) is 5.73 Å². The molecule has 2 aromatic carbocycles. The minimum Gasteiger partial charge on any atom is -0.457 e. The van der Waals surface area contributed by atoms with Crippen LogP contribution in [-0.4, -0.2) is 5.97 Å². The molecule has 2 rings (SSSR count). The van der Waals surface area contributed by atoms with Gasteiger partial charge in [-0.3, -0.25) is 0 Å². The Morgan fingerprint density at radius 2 is 2.00 bits per heavy atom. The van der Waals surface area contributed by atoms with Crippen LogP contribution < -0.4 is 5.73 Å². The molecule has 0 saturated heterocycles. The van der Waals surface area contributed by atoms with Crippen LogP contribution in [0.1, 0.15) is 15.9 Å². The molecule has 0 bridgehead atoms. The van der Waals surface area contributed by atoms with Crippen molar-refractivity contribution in [1.29, 1.82) is 0 Å². The van der Waals surface area contributed by atoms with Gasteiger partial charge < -0.3 is 10.5 Å². The van der Waals surface area contributed by atoms with Crippen LogP contribution in [0.15, 0.2) is 46.9 Å². The molecular formula is C14H11BrClNO2. The molecule has 0 aliphatic heterocycles. The number of esters is 1. The molecule has 0 aliphatic carbocycles. The Morgan fingerprint density at radius 1 is 1.26 bits per heavy atom. The standard InChI is InChI=1S/C14H11BrClNO2/c15-12-4-2-1-3-9(12)8-19-14(18)11-6-5-10(17)7-13(11)16/h1-7H,8,17H2. The lowest BCUT2D eigenvalue weighted by Crippen LogP contribution is -2.06. The first kappa shape index (κ1) is 13.9. The number of anilines is 1. The van der Waals surface area contributed by atoms with E-state index in [0.29, 0.717) is 11.3 Å². The van der Waals surface area contributed by atoms with Gasteiger partial charge in [0.1, 0.15) is 6.61 Å². The van der Waals surface area contributed by atoms with Gasteiger partial charge in [-0.25, -0.2) is 4.79 Å². The van der Waals surface area contributed by atoms with Crippen molar-refractivity contribution in [2.24, 2.45) is 0 Å². The van der Waals surface area contributed by atoms with Gasteiger partial charge in [0.2, 0.25) is 0 Å². The second-order valence-corrected chi connectivity index (χ2v) is 5.17. The van der Waals surface area contributed by atoms with Crippen LogP contribution in [0, 0.1) is 0 Å². The predicted molar refractivity (Wildman–Crippen MR) is 79.1 cm³/mol. The predicted octanol–water partition coefficient (Wildman–Crippen LogP) is 4.04. The van der Waals surface area contributed by atoms with Crippen molar-refractivity contribution in [3.63, 3.8) is 0 Å². The van der Waals surface area contributed by atoms with E-state index in [-0.39, 0.29) is 11.6 Å². The molecule has 0 heterocycles. The van der Waals surface area contributed by atoms with Gasteiger partial charge in [0.25, 0.3) is 0 Å². The minimum atomic E-state index is -0.472. The fourth-order valence-electron chi connectivity index (χ4n) is 1.53. The second-order valence-electron chi connectivity index (χ2n) is 3.91. The van der Waals surface area contributed by atoms with Gasteiger partial charge in [0, 0.05) is 15.7 Å². The third-order valence-corrected chi connectivity index (χ3v) is 3.62. The molecule has 0 atom stereocenters. The van der Waals surface area contributed by atoms with Gasteiger partial charge in [0.15, 0.2) is 0 Å². The Labute approximate surface area is 124 Å². The number of nitrogen functional groups attached to an aromatic ring is 1. The number of benzene rings is 2. The summed E-state index contributed by atoms with van der Waals surface area (Å²) < 4.78 is 6.12. The number of ether oxygens (including phenoxy) is 1. The van der Waals surface area contributed by atoms with Crippen LogP contribution in [0.25, 0.3) is 0 Å². The highest BCUT2D eigenvalue weighted by Gasteiger charge is 2.12. The van der Waals surface area contributed by atoms with Crippen molar-refractivity contribution >= 4 is 39.2 Å². The lowest BCUT2D eigenvalue weighted by atomic mass is 10.2. The SMILES string of the molecule is Nc1ccc(C(=O)OCc2ccccc2Br)c(Cl)c1. The molecule has 0 aliphatic rings. The van der Waals surface area contributed by atoms with E-state index in [1.807, 2.05) is 24.3 Å². The highest BCUT2D eigenvalue weighted by molar-refractivity contribution is 9.10. The second kappa shape index (κ2) is 6.08. The van der Waals surface area contributed by atoms with Crippen molar-refractivity contribution in [3.05, 3.63) is 63.1 Å². The maximum atomic E-state index is 11.9. The van der Waals surface area contributed by atoms with Crippen LogP contribution in [0.3, 0.4) is 0 Å². The molecule has 0 fully saturated rings. The van der Waals surface area contributed by atoms with E-state index in [2.05, 4.69) is 15.9 Å². The van der Waals surface area contributed by atoms with Gasteiger partial charge >= 0.3 is 5.97 Å². The molecule has 3 nitrogen and oxygen atoms in total. The zero-order chi connectivity index (χ0) is 13.8. The Kier molecular flexibility index (Phi) is 4.45. The molecule has 0 aromatic heterocycles. The van der Waals surface area contributed by atoms with Gasteiger partial charge in [-0.2, -0.15) is 0 Å². The zero-order valence-electron chi connectivity index (χ0n) is 9.90. The molecule has 98 valence electrons. The zero-order valence-corrected chi connectivity index (χ0v) is 12.2. The number of nitrogens with two attached hydrogens (primary N) is 1. The fraction of sp³-hybridized carbons (Fsp3) is 0.0714. The Hall–Kier alpha value is -1.52. The lowest BCUT2D eigenvalue weighted by Gasteiger charge is -2.08. The number of halogens is 2. The van der Waals surface area contributed by atoms with E-state index in [9.17, 15) is 4.79 Å². The third-order valence-electron chi connectivity index (χ3n) is 2.53. The molecule has 2 aromatic rings. The maximum absolute atomic E-state index is 11.9. The van der Waals surface area contributed by atoms with Crippen molar-refractivity contribution in [1.82, 2.24) is 0 Å². The molecule has 2 N–H and O–H groups in total. The summed E-state index contributed by atoms with van der Waals surface area (Å²) in [6.45, 7) is 0.182. The molecular weight excluding hydrogens is 330 g/mol. The Morgan fingerprint density at radius 3 is 2.68 bits per heavy atom. The normalized spacial score (nSPS) is 10.2. The van der Waals surface area contributed by atoms with Crippen LogP contribution in [0.2, 0.25) is 5.02 Å². The number of hydrogen-bond donors (Lipinski definition) is 1. The van der Waals surface area contributed by atoms with E-state index in [1.165, 1.54) is 6.07 Å². The number of carbonyl (C=O) groups excluding carboxylic acids is 1. The van der Waals surface area contributed by atoms with Gasteiger partial charge in [-0.05, 0) is 24.3 Å². The topological polar surface area (TPSA) is 52.3 Å². The van der Waals surface area contributed by atoms with Gasteiger partial charge in [-0.1, -0.05) is 45.7 Å². The van der Waals surface area contributed by atoms with Crippen LogP contribution >= 0.6 is 27.5 Å². The first-order chi connectivity index (χ1) is 9.08. The summed E-state index contributed by atoms with van der Waals surface area (Å²) in [5.74, 6) is -0.472.